The van der Waals surface area contributed by atoms with E-state index in [0.717, 1.165) is 38.8 Å². The number of nitrogens with zero attached hydrogens (tertiary/aromatic N) is 1. The molecule has 2 heterocycles. The minimum absolute atomic E-state index is 0.0684. The number of carbonyl (C=O) groups excluding carboxylic acids is 2. The van der Waals surface area contributed by atoms with Gasteiger partial charge in [-0.15, -0.1) is 0 Å². The third-order valence-corrected chi connectivity index (χ3v) is 5.12. The zero-order valence-corrected chi connectivity index (χ0v) is 11.7. The van der Waals surface area contributed by atoms with Crippen LogP contribution in [0.15, 0.2) is 0 Å². The van der Waals surface area contributed by atoms with Crippen LogP contribution < -0.4 is 5.32 Å². The highest BCUT2D eigenvalue weighted by Gasteiger charge is 2.53. The number of ether oxygens (including phenoxy) is 1. The summed E-state index contributed by atoms with van der Waals surface area (Å²) in [7, 11) is 0. The minimum atomic E-state index is -0.346. The first-order chi connectivity index (χ1) is 8.58. The molecule has 0 aromatic rings. The Kier molecular flexibility index (Phi) is 3.00. The summed E-state index contributed by atoms with van der Waals surface area (Å²) in [5.41, 5.74) is -0.245. The van der Waals surface area contributed by atoms with Gasteiger partial charge in [-0.05, 0) is 25.7 Å². The van der Waals surface area contributed by atoms with Crippen LogP contribution in [0.2, 0.25) is 0 Å². The molecule has 2 aliphatic heterocycles. The van der Waals surface area contributed by atoms with Crippen molar-refractivity contribution in [2.24, 2.45) is 5.92 Å². The molecular weight excluding hydrogens is 300 g/mol. The average Bonchev–Trinajstić information content (AvgIpc) is 2.70. The normalized spacial score (nSPS) is 36.2. The number of nitrogens with one attached hydrogen (secondary N) is 1. The predicted molar refractivity (Wildman–Crippen MR) is 68.5 cm³/mol. The maximum atomic E-state index is 12.3. The molecule has 100 valence electrons. The third kappa shape index (κ3) is 2.11. The Labute approximate surface area is 114 Å². The summed E-state index contributed by atoms with van der Waals surface area (Å²) in [6.45, 7) is 2.11. The molecule has 0 atom stereocenters. The van der Waals surface area contributed by atoms with Crippen molar-refractivity contribution in [3.05, 3.63) is 0 Å². The number of likely N-dealkylation sites (tertiary alicyclic amines) is 1. The number of cyclic esters (lactones) is 1. The lowest BCUT2D eigenvalue weighted by atomic mass is 9.68. The smallest absolute Gasteiger partial charge is 0.407 e. The largest absolute Gasteiger partial charge is 0.447 e. The van der Waals surface area contributed by atoms with Gasteiger partial charge >= 0.3 is 6.09 Å². The summed E-state index contributed by atoms with van der Waals surface area (Å²) in [5.74, 6) is 0.319. The van der Waals surface area contributed by atoms with Crippen LogP contribution in [0, 0.1) is 5.92 Å². The second-order valence-corrected chi connectivity index (χ2v) is 6.88. The fraction of sp³-hybridized carbons (Fsp3) is 0.833. The van der Waals surface area contributed by atoms with E-state index in [1.165, 1.54) is 0 Å². The molecule has 2 saturated heterocycles. The Morgan fingerprint density at radius 2 is 2.06 bits per heavy atom. The van der Waals surface area contributed by atoms with Crippen molar-refractivity contribution in [2.45, 2.75) is 36.0 Å². The summed E-state index contributed by atoms with van der Waals surface area (Å²) < 4.78 is 4.92. The van der Waals surface area contributed by atoms with Crippen molar-refractivity contribution in [3.8, 4) is 0 Å². The van der Waals surface area contributed by atoms with E-state index in [4.69, 9.17) is 4.74 Å². The number of halogens is 1. The number of carbonyl (C=O) groups is 2. The third-order valence-electron chi connectivity index (χ3n) is 4.21. The van der Waals surface area contributed by atoms with Crippen molar-refractivity contribution in [3.63, 3.8) is 0 Å². The lowest BCUT2D eigenvalue weighted by Crippen LogP contribution is -2.58. The Hall–Kier alpha value is -0.780. The number of amides is 2. The number of rotatable bonds is 1. The van der Waals surface area contributed by atoms with Crippen molar-refractivity contribution in [2.75, 3.05) is 19.7 Å². The molecule has 1 spiro atoms. The summed E-state index contributed by atoms with van der Waals surface area (Å²) in [5, 5.41) is 2.82. The topological polar surface area (TPSA) is 58.6 Å². The predicted octanol–water partition coefficient (Wildman–Crippen LogP) is 1.26. The van der Waals surface area contributed by atoms with Gasteiger partial charge in [0, 0.05) is 23.8 Å². The molecule has 0 bridgehead atoms. The first kappa shape index (κ1) is 12.3. The molecule has 3 fully saturated rings. The number of alkyl halides is 1. The van der Waals surface area contributed by atoms with E-state index >= 15 is 0 Å². The summed E-state index contributed by atoms with van der Waals surface area (Å²) in [6, 6.07) is 0. The quantitative estimate of drug-likeness (QED) is 0.741. The standard InChI is InChI=1S/C12H17BrN2O3/c13-9-1-3-15(4-2-9)10(16)8-5-12(6-8)7-18-11(17)14-12/h8-9H,1-7H2,(H,14,17). The summed E-state index contributed by atoms with van der Waals surface area (Å²) in [4.78, 5) is 25.8. The SMILES string of the molecule is O=C1NC2(CO1)CC(C(=O)N1CCC(Br)CC1)C2. The molecule has 0 aromatic heterocycles. The van der Waals surface area contributed by atoms with E-state index in [1.54, 1.807) is 0 Å². The molecule has 0 radical (unpaired) electrons. The van der Waals surface area contributed by atoms with E-state index in [0.29, 0.717) is 11.4 Å². The first-order valence-electron chi connectivity index (χ1n) is 6.46. The van der Waals surface area contributed by atoms with Crippen molar-refractivity contribution >= 4 is 27.9 Å². The fourth-order valence-corrected chi connectivity index (χ4v) is 3.51. The van der Waals surface area contributed by atoms with Crippen molar-refractivity contribution in [1.82, 2.24) is 10.2 Å². The van der Waals surface area contributed by atoms with Gasteiger partial charge in [0.05, 0.1) is 5.54 Å². The Balaban J connectivity index is 1.52. The van der Waals surface area contributed by atoms with Gasteiger partial charge in [-0.3, -0.25) is 4.79 Å². The van der Waals surface area contributed by atoms with Gasteiger partial charge < -0.3 is 15.0 Å². The van der Waals surface area contributed by atoms with Crippen LogP contribution in [0.4, 0.5) is 4.79 Å². The Morgan fingerprint density at radius 3 is 2.61 bits per heavy atom. The second kappa shape index (κ2) is 4.40. The monoisotopic (exact) mass is 316 g/mol. The van der Waals surface area contributed by atoms with Crippen LogP contribution in [-0.2, 0) is 9.53 Å². The minimum Gasteiger partial charge on any atom is -0.447 e. The number of piperidine rings is 1. The van der Waals surface area contributed by atoms with E-state index in [-0.39, 0.29) is 23.5 Å². The molecule has 3 aliphatic rings. The van der Waals surface area contributed by atoms with Gasteiger partial charge in [0.15, 0.2) is 0 Å². The second-order valence-electron chi connectivity index (χ2n) is 5.59. The van der Waals surface area contributed by atoms with Gasteiger partial charge in [-0.25, -0.2) is 4.79 Å². The lowest BCUT2D eigenvalue weighted by molar-refractivity contribution is -0.141. The fourth-order valence-electron chi connectivity index (χ4n) is 3.10. The van der Waals surface area contributed by atoms with E-state index in [9.17, 15) is 9.59 Å². The molecule has 1 aliphatic carbocycles. The highest BCUT2D eigenvalue weighted by atomic mass is 79.9. The molecule has 2 amide bonds. The molecule has 18 heavy (non-hydrogen) atoms. The van der Waals surface area contributed by atoms with E-state index in [2.05, 4.69) is 21.2 Å². The summed E-state index contributed by atoms with van der Waals surface area (Å²) in [6.07, 6.45) is 3.17. The number of alkyl carbamates (subject to hydrolysis) is 1. The highest BCUT2D eigenvalue weighted by Crippen LogP contribution is 2.41. The van der Waals surface area contributed by atoms with Gasteiger partial charge in [-0.2, -0.15) is 0 Å². The zero-order chi connectivity index (χ0) is 12.8. The summed E-state index contributed by atoms with van der Waals surface area (Å²) >= 11 is 3.59. The molecule has 1 saturated carbocycles. The Bertz CT molecular complexity index is 374. The maximum absolute atomic E-state index is 12.3. The molecule has 3 rings (SSSR count). The van der Waals surface area contributed by atoms with Crippen LogP contribution in [0.25, 0.3) is 0 Å². The number of hydrogen-bond donors (Lipinski definition) is 1. The van der Waals surface area contributed by atoms with Crippen molar-refractivity contribution < 1.29 is 14.3 Å². The average molecular weight is 317 g/mol. The molecular formula is C12H17BrN2O3. The van der Waals surface area contributed by atoms with Gasteiger partial charge in [-0.1, -0.05) is 15.9 Å². The van der Waals surface area contributed by atoms with Gasteiger partial charge in [0.2, 0.25) is 5.91 Å². The van der Waals surface area contributed by atoms with Crippen LogP contribution in [0.5, 0.6) is 0 Å². The number of hydrogen-bond acceptors (Lipinski definition) is 3. The van der Waals surface area contributed by atoms with Crippen LogP contribution >= 0.6 is 15.9 Å². The van der Waals surface area contributed by atoms with E-state index in [1.807, 2.05) is 4.90 Å². The van der Waals surface area contributed by atoms with E-state index < -0.39 is 0 Å². The van der Waals surface area contributed by atoms with Crippen LogP contribution in [0.1, 0.15) is 25.7 Å². The molecule has 5 nitrogen and oxygen atoms in total. The van der Waals surface area contributed by atoms with Gasteiger partial charge in [0.1, 0.15) is 6.61 Å². The lowest BCUT2D eigenvalue weighted by Gasteiger charge is -2.44. The maximum Gasteiger partial charge on any atom is 0.407 e. The zero-order valence-electron chi connectivity index (χ0n) is 10.2. The van der Waals surface area contributed by atoms with Gasteiger partial charge in [0.25, 0.3) is 0 Å². The first-order valence-corrected chi connectivity index (χ1v) is 7.37. The molecule has 0 unspecified atom stereocenters. The molecule has 0 aromatic carbocycles. The highest BCUT2D eigenvalue weighted by molar-refractivity contribution is 9.09. The molecule has 1 N–H and O–H groups in total. The van der Waals surface area contributed by atoms with Crippen LogP contribution in [-0.4, -0.2) is 47.0 Å². The molecule has 6 heteroatoms. The Morgan fingerprint density at radius 1 is 1.39 bits per heavy atom. The van der Waals surface area contributed by atoms with Crippen LogP contribution in [0.3, 0.4) is 0 Å². The van der Waals surface area contributed by atoms with Crippen molar-refractivity contribution in [1.29, 1.82) is 0 Å².